The molecule has 0 aliphatic heterocycles. The molecule has 0 N–H and O–H groups in total. The molecule has 0 aliphatic carbocycles. The predicted octanol–water partition coefficient (Wildman–Crippen LogP) is 18.1. The predicted molar refractivity (Wildman–Crippen MR) is 333 cm³/mol. The molecule has 2 unspecified atom stereocenters. The summed E-state index contributed by atoms with van der Waals surface area (Å²) in [4.78, 5) is 37.4. The molecular weight excluding hydrogens is 983 g/mol. The number of esters is 2. The minimum atomic E-state index is -1.63. The number of likely N-dealkylation sites (N-methyl/N-ethyl adjacent to an activating group) is 1. The number of allylic oxidation sites excluding steroid dienone is 18. The molecule has 0 aromatic heterocycles. The molecule has 9 heteroatoms. The molecule has 79 heavy (non-hydrogen) atoms. The number of quaternary nitrogens is 1. The third kappa shape index (κ3) is 61.4. The van der Waals surface area contributed by atoms with E-state index >= 15 is 0 Å². The molecule has 0 aromatic carbocycles. The summed E-state index contributed by atoms with van der Waals surface area (Å²) in [6.45, 7) is 4.61. The van der Waals surface area contributed by atoms with Gasteiger partial charge in [0.2, 0.25) is 0 Å². The van der Waals surface area contributed by atoms with Gasteiger partial charge < -0.3 is 33.3 Å². The van der Waals surface area contributed by atoms with Gasteiger partial charge in [-0.05, 0) is 103 Å². The summed E-state index contributed by atoms with van der Waals surface area (Å²) in [5.41, 5.74) is 0. The summed E-state index contributed by atoms with van der Waals surface area (Å²) in [6.07, 6.45) is 80.0. The van der Waals surface area contributed by atoms with E-state index in [1.54, 1.807) is 0 Å². The van der Waals surface area contributed by atoms with E-state index in [0.29, 0.717) is 17.4 Å². The van der Waals surface area contributed by atoms with Crippen LogP contribution < -0.4 is 5.11 Å². The number of ether oxygens (including phenoxy) is 4. The Morgan fingerprint density at radius 1 is 0.392 bits per heavy atom. The number of unbranched alkanes of at least 4 members (excludes halogenated alkanes) is 25. The van der Waals surface area contributed by atoms with Gasteiger partial charge >= 0.3 is 11.9 Å². The lowest BCUT2D eigenvalue weighted by molar-refractivity contribution is -0.870. The molecule has 0 heterocycles. The van der Waals surface area contributed by atoms with Crippen molar-refractivity contribution in [3.05, 3.63) is 109 Å². The van der Waals surface area contributed by atoms with E-state index in [4.69, 9.17) is 18.9 Å². The minimum Gasteiger partial charge on any atom is -0.545 e. The molecule has 0 rings (SSSR count). The number of hydrogen-bond donors (Lipinski definition) is 0. The van der Waals surface area contributed by atoms with Gasteiger partial charge in [0.1, 0.15) is 13.2 Å². The van der Waals surface area contributed by atoms with Gasteiger partial charge in [-0.2, -0.15) is 0 Å². The summed E-state index contributed by atoms with van der Waals surface area (Å²) in [5.74, 6) is -2.29. The van der Waals surface area contributed by atoms with Gasteiger partial charge in [-0.25, -0.2) is 0 Å². The van der Waals surface area contributed by atoms with E-state index in [1.807, 2.05) is 21.1 Å². The second-order valence-corrected chi connectivity index (χ2v) is 22.3. The first kappa shape index (κ1) is 75.0. The van der Waals surface area contributed by atoms with Gasteiger partial charge in [0.15, 0.2) is 12.4 Å². The minimum absolute atomic E-state index is 0.143. The Hall–Kier alpha value is -4.05. The second-order valence-electron chi connectivity index (χ2n) is 22.3. The molecule has 9 nitrogen and oxygen atoms in total. The summed E-state index contributed by atoms with van der Waals surface area (Å²) in [6, 6.07) is 0. The highest BCUT2D eigenvalue weighted by Gasteiger charge is 2.22. The normalized spacial score (nSPS) is 13.5. The summed E-state index contributed by atoms with van der Waals surface area (Å²) < 4.78 is 22.7. The van der Waals surface area contributed by atoms with Crippen molar-refractivity contribution >= 4 is 17.9 Å². The van der Waals surface area contributed by atoms with Crippen molar-refractivity contribution in [1.82, 2.24) is 0 Å². The fourth-order valence-electron chi connectivity index (χ4n) is 8.61. The first-order chi connectivity index (χ1) is 38.6. The Morgan fingerprint density at radius 2 is 0.722 bits per heavy atom. The Kier molecular flexibility index (Phi) is 57.0. The average molecular weight is 1100 g/mol. The van der Waals surface area contributed by atoms with Crippen LogP contribution >= 0.6 is 0 Å². The fraction of sp³-hybridized carbons (Fsp3) is 0.700. The third-order valence-electron chi connectivity index (χ3n) is 13.5. The average Bonchev–Trinajstić information content (AvgIpc) is 3.42. The van der Waals surface area contributed by atoms with Crippen molar-refractivity contribution < 1.29 is 42.9 Å². The number of nitrogens with zero attached hydrogens (tertiary/aromatic N) is 1. The number of carboxylic acid groups (broad SMARTS) is 1. The number of carbonyl (C=O) groups is 3. The Bertz CT molecular complexity index is 1660. The molecule has 0 radical (unpaired) electrons. The maximum absolute atomic E-state index is 12.9. The van der Waals surface area contributed by atoms with E-state index in [9.17, 15) is 19.5 Å². The van der Waals surface area contributed by atoms with E-state index < -0.39 is 24.3 Å². The number of hydrogen-bond acceptors (Lipinski definition) is 8. The molecule has 0 aromatic rings. The summed E-state index contributed by atoms with van der Waals surface area (Å²) in [5, 5.41) is 11.8. The largest absolute Gasteiger partial charge is 0.545 e. The van der Waals surface area contributed by atoms with Gasteiger partial charge in [0.25, 0.3) is 0 Å². The molecule has 0 amide bonds. The van der Waals surface area contributed by atoms with Crippen LogP contribution in [0.2, 0.25) is 0 Å². The Balaban J connectivity index is 4.16. The van der Waals surface area contributed by atoms with Crippen molar-refractivity contribution in [3.63, 3.8) is 0 Å². The van der Waals surface area contributed by atoms with Crippen molar-refractivity contribution in [2.45, 2.75) is 270 Å². The highest BCUT2D eigenvalue weighted by Crippen LogP contribution is 2.16. The molecule has 0 fully saturated rings. The lowest BCUT2D eigenvalue weighted by atomic mass is 10.0. The van der Waals surface area contributed by atoms with Crippen LogP contribution in [0, 0.1) is 0 Å². The van der Waals surface area contributed by atoms with Gasteiger partial charge in [0, 0.05) is 12.8 Å². The third-order valence-corrected chi connectivity index (χ3v) is 13.5. The van der Waals surface area contributed by atoms with Gasteiger partial charge in [-0.1, -0.05) is 252 Å². The lowest BCUT2D eigenvalue weighted by Crippen LogP contribution is -2.44. The quantitative estimate of drug-likeness (QED) is 0.0195. The zero-order valence-corrected chi connectivity index (χ0v) is 51.5. The number of aliphatic carboxylic acids is 1. The Morgan fingerprint density at radius 3 is 1.08 bits per heavy atom. The standard InChI is InChI=1S/C70H119NO8/c1-6-8-10-12-14-16-18-20-22-24-26-27-28-29-30-31-32-33-34-35-36-37-38-39-40-41-43-45-47-49-51-53-55-57-59-61-68(73)79-66(65-78-70(69(74)75)76-63-62-71(3,4)5)64-77-67(72)60-58-56-54-52-50-48-46-44-42-25-23-21-19-17-15-13-11-9-7-2/h8,10,14-17,20-23,26-27,29-30,32-33,35-36,66,70H,6-7,9,11-13,18-19,24-25,28,31,34,37-65H2,1-5H3/b10-8-,16-14-,17-15-,22-20-,23-21-,27-26-,30-29-,33-32-,36-35-. The molecule has 0 spiro atoms. The summed E-state index contributed by atoms with van der Waals surface area (Å²) >= 11 is 0. The van der Waals surface area contributed by atoms with Crippen LogP contribution in [0.4, 0.5) is 0 Å². The molecule has 0 bridgehead atoms. The maximum Gasteiger partial charge on any atom is 0.306 e. The number of carbonyl (C=O) groups excluding carboxylic acids is 3. The SMILES string of the molecule is CC/C=C\C/C=C\C/C=C\C/C=C\C/C=C\C/C=C\C/C=C\CCCCCCCCCCCCCCCC(=O)OC(COC(=O)CCCCCCCCCCC/C=C\C/C=C\CCCCC)COC(OCC[N+](C)(C)C)C(=O)[O-]. The first-order valence-corrected chi connectivity index (χ1v) is 32.0. The molecular formula is C70H119NO8. The zero-order chi connectivity index (χ0) is 57.6. The van der Waals surface area contributed by atoms with Crippen molar-refractivity contribution in [3.8, 4) is 0 Å². The van der Waals surface area contributed by atoms with Crippen molar-refractivity contribution in [2.75, 3.05) is 47.5 Å². The fourth-order valence-corrected chi connectivity index (χ4v) is 8.61. The van der Waals surface area contributed by atoms with Gasteiger partial charge in [-0.3, -0.25) is 9.59 Å². The van der Waals surface area contributed by atoms with Crippen LogP contribution in [0.15, 0.2) is 109 Å². The van der Waals surface area contributed by atoms with Crippen LogP contribution in [-0.2, 0) is 33.3 Å². The zero-order valence-electron chi connectivity index (χ0n) is 51.5. The van der Waals surface area contributed by atoms with Crippen LogP contribution in [-0.4, -0.2) is 82.3 Å². The number of rotatable bonds is 58. The monoisotopic (exact) mass is 1100 g/mol. The molecule has 0 aliphatic rings. The van der Waals surface area contributed by atoms with Crippen LogP contribution in [0.5, 0.6) is 0 Å². The van der Waals surface area contributed by atoms with Gasteiger partial charge in [0.05, 0.1) is 40.3 Å². The van der Waals surface area contributed by atoms with E-state index in [2.05, 4.69) is 123 Å². The highest BCUT2D eigenvalue weighted by atomic mass is 16.7. The molecule has 0 saturated heterocycles. The molecule has 2 atom stereocenters. The van der Waals surface area contributed by atoms with Crippen LogP contribution in [0.3, 0.4) is 0 Å². The van der Waals surface area contributed by atoms with E-state index in [1.165, 1.54) is 128 Å². The second kappa shape index (κ2) is 60.1. The maximum atomic E-state index is 12.9. The molecule has 0 saturated carbocycles. The summed E-state index contributed by atoms with van der Waals surface area (Å²) in [7, 11) is 5.92. The lowest BCUT2D eigenvalue weighted by Gasteiger charge is -2.26. The molecule has 452 valence electrons. The van der Waals surface area contributed by atoms with Crippen molar-refractivity contribution in [2.24, 2.45) is 0 Å². The van der Waals surface area contributed by atoms with Gasteiger partial charge in [-0.15, -0.1) is 0 Å². The first-order valence-electron chi connectivity index (χ1n) is 32.0. The van der Waals surface area contributed by atoms with E-state index in [0.717, 1.165) is 96.3 Å². The van der Waals surface area contributed by atoms with Crippen LogP contribution in [0.25, 0.3) is 0 Å². The van der Waals surface area contributed by atoms with Crippen molar-refractivity contribution in [1.29, 1.82) is 0 Å². The number of carboxylic acids is 1. The smallest absolute Gasteiger partial charge is 0.306 e. The highest BCUT2D eigenvalue weighted by molar-refractivity contribution is 5.70. The Labute approximate surface area is 485 Å². The topological polar surface area (TPSA) is 111 Å². The van der Waals surface area contributed by atoms with E-state index in [-0.39, 0.29) is 38.6 Å². The van der Waals surface area contributed by atoms with Crippen LogP contribution in [0.1, 0.15) is 258 Å².